The number of rotatable bonds is 17. The number of fused-ring (bicyclic) bond motifs is 3. The van der Waals surface area contributed by atoms with Crippen LogP contribution < -0.4 is 10.2 Å². The van der Waals surface area contributed by atoms with E-state index in [1.54, 1.807) is 56.8 Å². The zero-order valence-electron chi connectivity index (χ0n) is 36.3. The Hall–Kier alpha value is -6.91. The first-order valence-electron chi connectivity index (χ1n) is 21.3. The molecule has 1 atom stereocenters. The number of thioether (sulfide) groups is 1. The Morgan fingerprint density at radius 1 is 0.688 bits per heavy atom. The molecule has 2 amide bonds. The molecular weight excluding hydrogens is 821 g/mol. The molecule has 0 aromatic heterocycles. The predicted octanol–water partition coefficient (Wildman–Crippen LogP) is 10.7. The summed E-state index contributed by atoms with van der Waals surface area (Å²) in [6, 6.07) is 51.8. The van der Waals surface area contributed by atoms with Crippen LogP contribution in [0.15, 0.2) is 176 Å². The van der Waals surface area contributed by atoms with Crippen LogP contribution in [0.25, 0.3) is 11.1 Å². The molecule has 9 nitrogen and oxygen atoms in total. The Kier molecular flexibility index (Phi) is 14.5. The number of carbonyl (C=O) groups excluding carboxylic acids is 4. The van der Waals surface area contributed by atoms with Gasteiger partial charge in [-0.05, 0) is 84.0 Å². The zero-order chi connectivity index (χ0) is 45.1. The minimum Gasteiger partial charge on any atom is -0.460 e. The molecule has 6 aromatic carbocycles. The number of esters is 2. The van der Waals surface area contributed by atoms with E-state index in [1.807, 2.05) is 91.0 Å². The first-order valence-corrected chi connectivity index (χ1v) is 22.3. The molecule has 0 spiro atoms. The number of anilines is 1. The van der Waals surface area contributed by atoms with Gasteiger partial charge in [-0.2, -0.15) is 0 Å². The van der Waals surface area contributed by atoms with Gasteiger partial charge in [-0.25, -0.2) is 9.59 Å². The number of nitrogens with zero attached hydrogens (tertiary/aromatic N) is 1. The van der Waals surface area contributed by atoms with Gasteiger partial charge in [0.05, 0.1) is 16.7 Å². The van der Waals surface area contributed by atoms with Crippen LogP contribution in [-0.2, 0) is 28.5 Å². The highest BCUT2D eigenvalue weighted by Gasteiger charge is 2.38. The van der Waals surface area contributed by atoms with Crippen molar-refractivity contribution in [1.29, 1.82) is 0 Å². The van der Waals surface area contributed by atoms with Crippen LogP contribution in [-0.4, -0.2) is 61.1 Å². The Labute approximate surface area is 379 Å². The standard InChI is InChI=1S/C54H52N2O7S/c1-5-34-61-51(59)38-29-31-42(32-30-38)56(33-35-64-54(39-19-9-6-10-20-39,40-21-11-7-12-22-40)41-23-13-8-14-24-41)50(58)48(36-49(57)63-53(2,3)4)55-52(60)62-37-47-45-27-17-15-25-43(45)44-26-16-18-28-46(44)47/h5-32,47-48H,1,33-37H2,2-4H3,(H,55,60)/t48-/m0/s1. The van der Waals surface area contributed by atoms with Crippen LogP contribution in [0.4, 0.5) is 10.5 Å². The minimum absolute atomic E-state index is 0.0114. The van der Waals surface area contributed by atoms with Gasteiger partial charge in [0.2, 0.25) is 5.91 Å². The molecule has 0 heterocycles. The molecular formula is C54H52N2O7S. The summed E-state index contributed by atoms with van der Waals surface area (Å²) < 4.78 is 16.2. The molecule has 1 aliphatic rings. The highest BCUT2D eigenvalue weighted by molar-refractivity contribution is 8.00. The van der Waals surface area contributed by atoms with Crippen LogP contribution in [0.5, 0.6) is 0 Å². The van der Waals surface area contributed by atoms with Crippen molar-refractivity contribution in [3.8, 4) is 11.1 Å². The van der Waals surface area contributed by atoms with E-state index in [4.69, 9.17) is 14.2 Å². The summed E-state index contributed by atoms with van der Waals surface area (Å²) in [5.74, 6) is -1.60. The molecule has 0 radical (unpaired) electrons. The van der Waals surface area contributed by atoms with Crippen molar-refractivity contribution in [2.75, 3.05) is 30.4 Å². The average molecular weight is 873 g/mol. The molecule has 0 fully saturated rings. The molecule has 6 aromatic rings. The molecule has 326 valence electrons. The van der Waals surface area contributed by atoms with Crippen LogP contribution in [0.1, 0.15) is 71.3 Å². The van der Waals surface area contributed by atoms with Gasteiger partial charge >= 0.3 is 18.0 Å². The fourth-order valence-corrected chi connectivity index (χ4v) is 9.63. The predicted molar refractivity (Wildman–Crippen MR) is 253 cm³/mol. The van der Waals surface area contributed by atoms with Gasteiger partial charge in [-0.3, -0.25) is 9.59 Å². The van der Waals surface area contributed by atoms with Crippen molar-refractivity contribution < 1.29 is 33.4 Å². The van der Waals surface area contributed by atoms with E-state index < -0.39 is 46.7 Å². The maximum absolute atomic E-state index is 15.1. The molecule has 1 N–H and O–H groups in total. The number of carbonyl (C=O) groups is 4. The zero-order valence-corrected chi connectivity index (χ0v) is 37.1. The third-order valence-corrected chi connectivity index (χ3v) is 12.4. The molecule has 7 rings (SSSR count). The molecule has 64 heavy (non-hydrogen) atoms. The van der Waals surface area contributed by atoms with Crippen molar-refractivity contribution >= 4 is 41.4 Å². The highest BCUT2D eigenvalue weighted by atomic mass is 32.2. The molecule has 0 bridgehead atoms. The lowest BCUT2D eigenvalue weighted by atomic mass is 9.84. The summed E-state index contributed by atoms with van der Waals surface area (Å²) >= 11 is 1.66. The number of benzene rings is 6. The Morgan fingerprint density at radius 3 is 1.69 bits per heavy atom. The molecule has 10 heteroatoms. The van der Waals surface area contributed by atoms with E-state index in [9.17, 15) is 14.4 Å². The third kappa shape index (κ3) is 10.5. The third-order valence-electron chi connectivity index (χ3n) is 10.9. The normalized spacial score (nSPS) is 12.5. The number of hydrogen-bond donors (Lipinski definition) is 1. The number of amides is 2. The molecule has 0 aliphatic heterocycles. The maximum atomic E-state index is 15.1. The lowest BCUT2D eigenvalue weighted by Gasteiger charge is -2.36. The smallest absolute Gasteiger partial charge is 0.407 e. The maximum Gasteiger partial charge on any atom is 0.407 e. The van der Waals surface area contributed by atoms with Crippen LogP contribution >= 0.6 is 11.8 Å². The fourth-order valence-electron chi connectivity index (χ4n) is 8.14. The molecule has 0 saturated heterocycles. The summed E-state index contributed by atoms with van der Waals surface area (Å²) in [6.07, 6.45) is 0.173. The van der Waals surface area contributed by atoms with Crippen LogP contribution in [0.3, 0.4) is 0 Å². The average Bonchev–Trinajstić information content (AvgIpc) is 3.63. The van der Waals surface area contributed by atoms with E-state index in [0.29, 0.717) is 11.4 Å². The number of ether oxygens (including phenoxy) is 3. The number of nitrogens with one attached hydrogen (secondary N) is 1. The monoisotopic (exact) mass is 872 g/mol. The summed E-state index contributed by atoms with van der Waals surface area (Å²) in [5, 5.41) is 2.75. The van der Waals surface area contributed by atoms with Gasteiger partial charge in [0.25, 0.3) is 0 Å². The lowest BCUT2D eigenvalue weighted by Crippen LogP contribution is -2.51. The van der Waals surface area contributed by atoms with Crippen molar-refractivity contribution in [2.45, 2.75) is 49.5 Å². The fraction of sp³-hybridized carbons (Fsp3) is 0.222. The molecule has 1 aliphatic carbocycles. The molecule has 0 unspecified atom stereocenters. The second-order valence-electron chi connectivity index (χ2n) is 16.4. The Balaban J connectivity index is 1.21. The van der Waals surface area contributed by atoms with E-state index in [1.165, 1.54) is 11.0 Å². The van der Waals surface area contributed by atoms with Crippen molar-refractivity contribution in [3.05, 3.63) is 210 Å². The summed E-state index contributed by atoms with van der Waals surface area (Å²) in [6.45, 7) is 9.04. The first kappa shape index (κ1) is 45.1. The molecule has 0 saturated carbocycles. The van der Waals surface area contributed by atoms with Gasteiger partial charge in [-0.1, -0.05) is 152 Å². The first-order chi connectivity index (χ1) is 31.0. The number of hydrogen-bond acceptors (Lipinski definition) is 8. The van der Waals surface area contributed by atoms with E-state index in [0.717, 1.165) is 38.9 Å². The van der Waals surface area contributed by atoms with Crippen molar-refractivity contribution in [3.63, 3.8) is 0 Å². The van der Waals surface area contributed by atoms with Gasteiger partial charge in [0.1, 0.15) is 24.9 Å². The lowest BCUT2D eigenvalue weighted by molar-refractivity contribution is -0.156. The Morgan fingerprint density at radius 2 is 1.19 bits per heavy atom. The van der Waals surface area contributed by atoms with E-state index in [2.05, 4.69) is 60.4 Å². The highest BCUT2D eigenvalue weighted by Crippen LogP contribution is 2.49. The topological polar surface area (TPSA) is 111 Å². The summed E-state index contributed by atoms with van der Waals surface area (Å²) in [5.41, 5.74) is 7.27. The van der Waals surface area contributed by atoms with Gasteiger partial charge in [0, 0.05) is 23.9 Å². The van der Waals surface area contributed by atoms with E-state index >= 15 is 4.79 Å². The van der Waals surface area contributed by atoms with Crippen LogP contribution in [0.2, 0.25) is 0 Å². The number of alkyl carbamates (subject to hydrolysis) is 1. The van der Waals surface area contributed by atoms with Crippen molar-refractivity contribution in [2.24, 2.45) is 0 Å². The van der Waals surface area contributed by atoms with Gasteiger partial charge < -0.3 is 24.4 Å². The second-order valence-corrected chi connectivity index (χ2v) is 17.7. The SMILES string of the molecule is C=CCOC(=O)c1ccc(N(CCSC(c2ccccc2)(c2ccccc2)c2ccccc2)C(=O)[C@H](CC(=O)OC(C)(C)C)NC(=O)OCC2c3ccccc3-c3ccccc32)cc1. The van der Waals surface area contributed by atoms with Crippen molar-refractivity contribution in [1.82, 2.24) is 5.32 Å². The van der Waals surface area contributed by atoms with E-state index in [-0.39, 0.29) is 31.2 Å². The van der Waals surface area contributed by atoms with Crippen LogP contribution in [0, 0.1) is 0 Å². The quantitative estimate of drug-likeness (QED) is 0.0417. The minimum atomic E-state index is -1.38. The summed E-state index contributed by atoms with van der Waals surface area (Å²) in [4.78, 5) is 56.9. The van der Waals surface area contributed by atoms with Gasteiger partial charge in [0.15, 0.2) is 0 Å². The van der Waals surface area contributed by atoms with Gasteiger partial charge in [-0.15, -0.1) is 11.8 Å². The second kappa shape index (κ2) is 20.5. The summed E-state index contributed by atoms with van der Waals surface area (Å²) in [7, 11) is 0. The Bertz CT molecular complexity index is 2420. The largest absolute Gasteiger partial charge is 0.460 e.